The van der Waals surface area contributed by atoms with Crippen LogP contribution >= 0.6 is 11.8 Å². The Balaban J connectivity index is 1.83. The summed E-state index contributed by atoms with van der Waals surface area (Å²) in [5.74, 6) is -1.41. The average molecular weight is 339 g/mol. The van der Waals surface area contributed by atoms with Gasteiger partial charge in [0.05, 0.1) is 16.7 Å². The van der Waals surface area contributed by atoms with Gasteiger partial charge in [-0.2, -0.15) is 0 Å². The summed E-state index contributed by atoms with van der Waals surface area (Å²) >= 11 is 1.41. The van der Waals surface area contributed by atoms with Crippen molar-refractivity contribution in [2.45, 2.75) is 4.90 Å². The molecule has 0 bridgehead atoms. The summed E-state index contributed by atoms with van der Waals surface area (Å²) in [5.41, 5.74) is 0.746. The third-order valence-corrected chi connectivity index (χ3v) is 4.46. The fourth-order valence-electron chi connectivity index (χ4n) is 2.29. The van der Waals surface area contributed by atoms with Gasteiger partial charge in [0.1, 0.15) is 0 Å². The smallest absolute Gasteiger partial charge is 0.324 e. The summed E-state index contributed by atoms with van der Waals surface area (Å²) in [5, 5.41) is 0.516. The summed E-state index contributed by atoms with van der Waals surface area (Å²) in [7, 11) is 0. The van der Waals surface area contributed by atoms with E-state index < -0.39 is 17.8 Å². The minimum absolute atomic E-state index is 0.226. The molecule has 0 aliphatic carbocycles. The zero-order valence-corrected chi connectivity index (χ0v) is 13.4. The minimum Gasteiger partial charge on any atom is -0.324 e. The Morgan fingerprint density at radius 2 is 1.62 bits per heavy atom. The molecule has 0 saturated heterocycles. The Bertz CT molecular complexity index is 811. The number of fused-ring (bicyclic) bond motifs is 1. The van der Waals surface area contributed by atoms with Gasteiger partial charge < -0.3 is 4.84 Å². The van der Waals surface area contributed by atoms with E-state index in [1.165, 1.54) is 23.9 Å². The zero-order valence-electron chi connectivity index (χ0n) is 12.6. The summed E-state index contributed by atoms with van der Waals surface area (Å²) in [6, 6.07) is 13.2. The number of benzene rings is 2. The molecule has 120 valence electrons. The summed E-state index contributed by atoms with van der Waals surface area (Å²) in [4.78, 5) is 42.7. The Labute approximate surface area is 142 Å². The second kappa shape index (κ2) is 6.72. The van der Waals surface area contributed by atoms with Crippen molar-refractivity contribution in [1.29, 1.82) is 0 Å². The summed E-state index contributed by atoms with van der Waals surface area (Å²) in [6.07, 6.45) is 1.72. The van der Waals surface area contributed by atoms with E-state index in [0.717, 1.165) is 0 Å². The standard InChI is InChI=1S/C18H13NO4S/c1-2-11-24-15-10-6-5-9-14(15)18(22)23-19-16(20)12-7-3-4-8-13(12)17(19)21/h2-10H,1,11H2. The van der Waals surface area contributed by atoms with Gasteiger partial charge in [-0.15, -0.1) is 18.3 Å². The largest absolute Gasteiger partial charge is 0.365 e. The van der Waals surface area contributed by atoms with Crippen LogP contribution < -0.4 is 0 Å². The number of nitrogens with zero attached hydrogens (tertiary/aromatic N) is 1. The lowest BCUT2D eigenvalue weighted by atomic mass is 10.1. The van der Waals surface area contributed by atoms with Crippen LogP contribution in [-0.2, 0) is 4.84 Å². The molecule has 2 aromatic rings. The molecule has 0 fully saturated rings. The molecule has 0 saturated carbocycles. The molecule has 0 aromatic heterocycles. The van der Waals surface area contributed by atoms with Crippen molar-refractivity contribution >= 4 is 29.5 Å². The predicted octanol–water partition coefficient (Wildman–Crippen LogP) is 3.33. The first-order valence-electron chi connectivity index (χ1n) is 7.16. The van der Waals surface area contributed by atoms with Gasteiger partial charge in [0.2, 0.25) is 0 Å². The number of imide groups is 1. The molecule has 24 heavy (non-hydrogen) atoms. The number of hydrogen-bond donors (Lipinski definition) is 0. The third kappa shape index (κ3) is 2.83. The lowest BCUT2D eigenvalue weighted by molar-refractivity contribution is -0.0586. The van der Waals surface area contributed by atoms with Gasteiger partial charge in [-0.25, -0.2) is 4.79 Å². The number of hydrogen-bond acceptors (Lipinski definition) is 5. The lowest BCUT2D eigenvalue weighted by Crippen LogP contribution is -2.32. The zero-order chi connectivity index (χ0) is 17.1. The lowest BCUT2D eigenvalue weighted by Gasteiger charge is -2.14. The van der Waals surface area contributed by atoms with Crippen LogP contribution in [-0.4, -0.2) is 28.6 Å². The number of carbonyl (C=O) groups excluding carboxylic acids is 3. The molecular weight excluding hydrogens is 326 g/mol. The topological polar surface area (TPSA) is 63.7 Å². The van der Waals surface area contributed by atoms with Gasteiger partial charge in [0, 0.05) is 10.6 Å². The molecule has 0 spiro atoms. The highest BCUT2D eigenvalue weighted by atomic mass is 32.2. The quantitative estimate of drug-likeness (QED) is 0.475. The highest BCUT2D eigenvalue weighted by Crippen LogP contribution is 2.26. The molecule has 1 heterocycles. The average Bonchev–Trinajstić information content (AvgIpc) is 2.85. The van der Waals surface area contributed by atoms with Crippen molar-refractivity contribution in [2.24, 2.45) is 0 Å². The molecule has 2 amide bonds. The van der Waals surface area contributed by atoms with Crippen LogP contribution in [0.3, 0.4) is 0 Å². The molecular formula is C18H13NO4S. The van der Waals surface area contributed by atoms with Crippen molar-refractivity contribution in [1.82, 2.24) is 5.06 Å². The van der Waals surface area contributed by atoms with Crippen LogP contribution in [0.25, 0.3) is 0 Å². The Kier molecular flexibility index (Phi) is 4.48. The Hall–Kier alpha value is -2.86. The SMILES string of the molecule is C=CCSc1ccccc1C(=O)ON1C(=O)c2ccccc2C1=O. The van der Waals surface area contributed by atoms with Crippen LogP contribution in [0.1, 0.15) is 31.1 Å². The maximum Gasteiger partial charge on any atom is 0.365 e. The van der Waals surface area contributed by atoms with Crippen molar-refractivity contribution < 1.29 is 19.2 Å². The highest BCUT2D eigenvalue weighted by Gasteiger charge is 2.39. The number of rotatable bonds is 5. The van der Waals surface area contributed by atoms with Crippen LogP contribution in [0, 0.1) is 0 Å². The van der Waals surface area contributed by atoms with Gasteiger partial charge >= 0.3 is 5.97 Å². The first-order chi connectivity index (χ1) is 11.6. The summed E-state index contributed by atoms with van der Waals surface area (Å²) < 4.78 is 0. The molecule has 1 aliphatic rings. The van der Waals surface area contributed by atoms with Crippen LogP contribution in [0.5, 0.6) is 0 Å². The van der Waals surface area contributed by atoms with Gasteiger partial charge in [0.15, 0.2) is 0 Å². The van der Waals surface area contributed by atoms with E-state index in [1.54, 1.807) is 42.5 Å². The fraction of sp³-hybridized carbons (Fsp3) is 0.0556. The molecule has 2 aromatic carbocycles. The van der Waals surface area contributed by atoms with Gasteiger partial charge in [-0.1, -0.05) is 35.4 Å². The maximum atomic E-state index is 12.4. The van der Waals surface area contributed by atoms with Crippen LogP contribution in [0.2, 0.25) is 0 Å². The van der Waals surface area contributed by atoms with Crippen molar-refractivity contribution in [3.8, 4) is 0 Å². The second-order valence-electron chi connectivity index (χ2n) is 4.92. The summed E-state index contributed by atoms with van der Waals surface area (Å²) in [6.45, 7) is 3.64. The van der Waals surface area contributed by atoms with Gasteiger partial charge in [0.25, 0.3) is 11.8 Å². The number of hydroxylamine groups is 2. The molecule has 0 radical (unpaired) electrons. The van der Waals surface area contributed by atoms with E-state index in [1.807, 2.05) is 0 Å². The van der Waals surface area contributed by atoms with Gasteiger partial charge in [-0.3, -0.25) is 9.59 Å². The monoisotopic (exact) mass is 339 g/mol. The van der Waals surface area contributed by atoms with E-state index >= 15 is 0 Å². The van der Waals surface area contributed by atoms with E-state index in [0.29, 0.717) is 21.3 Å². The number of amides is 2. The van der Waals surface area contributed by atoms with E-state index in [-0.39, 0.29) is 11.1 Å². The van der Waals surface area contributed by atoms with Crippen molar-refractivity contribution in [2.75, 3.05) is 5.75 Å². The molecule has 3 rings (SSSR count). The highest BCUT2D eigenvalue weighted by molar-refractivity contribution is 7.99. The molecule has 0 unspecified atom stereocenters. The van der Waals surface area contributed by atoms with Crippen molar-refractivity contribution in [3.05, 3.63) is 77.9 Å². The van der Waals surface area contributed by atoms with Gasteiger partial charge in [-0.05, 0) is 24.3 Å². The molecule has 1 aliphatic heterocycles. The first kappa shape index (κ1) is 16.0. The Morgan fingerprint density at radius 1 is 1.04 bits per heavy atom. The van der Waals surface area contributed by atoms with Crippen LogP contribution in [0.4, 0.5) is 0 Å². The Morgan fingerprint density at radius 3 is 2.25 bits per heavy atom. The number of carbonyl (C=O) groups is 3. The third-order valence-electron chi connectivity index (χ3n) is 3.39. The van der Waals surface area contributed by atoms with Crippen LogP contribution in [0.15, 0.2) is 66.1 Å². The fourth-order valence-corrected chi connectivity index (χ4v) is 3.07. The van der Waals surface area contributed by atoms with Crippen molar-refractivity contribution in [3.63, 3.8) is 0 Å². The molecule has 0 N–H and O–H groups in total. The first-order valence-corrected chi connectivity index (χ1v) is 8.15. The molecule has 5 nitrogen and oxygen atoms in total. The van der Waals surface area contributed by atoms with E-state index in [2.05, 4.69) is 6.58 Å². The van der Waals surface area contributed by atoms with E-state index in [9.17, 15) is 14.4 Å². The minimum atomic E-state index is -0.753. The normalized spacial score (nSPS) is 12.9. The molecule has 6 heteroatoms. The molecule has 0 atom stereocenters. The van der Waals surface area contributed by atoms with E-state index in [4.69, 9.17) is 4.84 Å². The second-order valence-corrected chi connectivity index (χ2v) is 5.99. The number of thioether (sulfide) groups is 1. The maximum absolute atomic E-state index is 12.4. The predicted molar refractivity (Wildman–Crippen MR) is 89.7 cm³/mol.